The zero-order valence-electron chi connectivity index (χ0n) is 15.4. The van der Waals surface area contributed by atoms with Crippen LogP contribution in [0.3, 0.4) is 0 Å². The fourth-order valence-electron chi connectivity index (χ4n) is 2.52. The first kappa shape index (κ1) is 18.6. The number of aromatic nitrogens is 2. The van der Waals surface area contributed by atoms with Gasteiger partial charge in [0.25, 0.3) is 5.91 Å². The van der Waals surface area contributed by atoms with Crippen molar-refractivity contribution in [1.29, 1.82) is 0 Å². The molecule has 1 aromatic heterocycles. The quantitative estimate of drug-likeness (QED) is 0.684. The topological polar surface area (TPSA) is 56.1 Å². The highest BCUT2D eigenvalue weighted by Gasteiger charge is 2.09. The van der Waals surface area contributed by atoms with E-state index in [2.05, 4.69) is 24.3 Å². The number of rotatable bonds is 7. The molecule has 27 heavy (non-hydrogen) atoms. The van der Waals surface area contributed by atoms with E-state index in [-0.39, 0.29) is 18.5 Å². The number of halogens is 1. The average molecular weight is 367 g/mol. The van der Waals surface area contributed by atoms with Crippen LogP contribution < -0.4 is 10.1 Å². The van der Waals surface area contributed by atoms with E-state index in [0.29, 0.717) is 18.2 Å². The van der Waals surface area contributed by atoms with Crippen molar-refractivity contribution in [3.05, 3.63) is 83.4 Å². The molecular weight excluding hydrogens is 345 g/mol. The van der Waals surface area contributed by atoms with Gasteiger partial charge in [-0.2, -0.15) is 5.10 Å². The summed E-state index contributed by atoms with van der Waals surface area (Å²) in [5, 5.41) is 6.98. The van der Waals surface area contributed by atoms with Crippen LogP contribution in [0.15, 0.2) is 60.8 Å². The van der Waals surface area contributed by atoms with Crippen LogP contribution in [-0.2, 0) is 13.3 Å². The molecule has 5 nitrogen and oxygen atoms in total. The zero-order valence-corrected chi connectivity index (χ0v) is 15.4. The minimum Gasteiger partial charge on any atom is -0.471 e. The molecule has 1 amide bonds. The van der Waals surface area contributed by atoms with Crippen molar-refractivity contribution in [3.63, 3.8) is 0 Å². The number of hydrogen-bond acceptors (Lipinski definition) is 3. The van der Waals surface area contributed by atoms with Gasteiger partial charge >= 0.3 is 0 Å². The first-order chi connectivity index (χ1) is 13.0. The molecule has 0 saturated carbocycles. The van der Waals surface area contributed by atoms with E-state index in [4.69, 9.17) is 4.74 Å². The molecule has 0 saturated heterocycles. The van der Waals surface area contributed by atoms with Crippen LogP contribution in [0, 0.1) is 5.82 Å². The highest BCUT2D eigenvalue weighted by molar-refractivity contribution is 5.92. The monoisotopic (exact) mass is 367 g/mol. The Kier molecular flexibility index (Phi) is 5.86. The highest BCUT2D eigenvalue weighted by atomic mass is 19.1. The molecule has 0 aliphatic heterocycles. The van der Waals surface area contributed by atoms with Crippen molar-refractivity contribution in [2.24, 2.45) is 0 Å². The maximum Gasteiger partial charge on any atom is 0.272 e. The molecule has 0 bridgehead atoms. The Morgan fingerprint density at radius 3 is 2.48 bits per heavy atom. The molecule has 0 spiro atoms. The molecule has 1 heterocycles. The average Bonchev–Trinajstić information content (AvgIpc) is 3.15. The van der Waals surface area contributed by atoms with Gasteiger partial charge in [-0.1, -0.05) is 38.1 Å². The molecule has 0 atom stereocenters. The summed E-state index contributed by atoms with van der Waals surface area (Å²) in [7, 11) is 0. The van der Waals surface area contributed by atoms with E-state index in [9.17, 15) is 9.18 Å². The van der Waals surface area contributed by atoms with Crippen LogP contribution in [0.2, 0.25) is 0 Å². The fourth-order valence-corrected chi connectivity index (χ4v) is 2.52. The molecule has 140 valence electrons. The van der Waals surface area contributed by atoms with E-state index in [1.54, 1.807) is 29.1 Å². The van der Waals surface area contributed by atoms with Gasteiger partial charge in [-0.25, -0.2) is 9.07 Å². The predicted molar refractivity (Wildman–Crippen MR) is 101 cm³/mol. The molecular formula is C21H22FN3O2. The van der Waals surface area contributed by atoms with Crippen molar-refractivity contribution >= 4 is 5.91 Å². The van der Waals surface area contributed by atoms with E-state index in [0.717, 1.165) is 11.3 Å². The zero-order chi connectivity index (χ0) is 19.2. The highest BCUT2D eigenvalue weighted by Crippen LogP contribution is 2.18. The van der Waals surface area contributed by atoms with Gasteiger partial charge < -0.3 is 10.1 Å². The Morgan fingerprint density at radius 1 is 1.11 bits per heavy atom. The lowest BCUT2D eigenvalue weighted by Gasteiger charge is -2.09. The van der Waals surface area contributed by atoms with Gasteiger partial charge in [0.05, 0.1) is 0 Å². The van der Waals surface area contributed by atoms with Crippen LogP contribution in [0.1, 0.15) is 41.4 Å². The van der Waals surface area contributed by atoms with Crippen molar-refractivity contribution in [1.82, 2.24) is 15.1 Å². The fraction of sp³-hybridized carbons (Fsp3) is 0.238. The largest absolute Gasteiger partial charge is 0.471 e. The molecule has 3 aromatic rings. The molecule has 1 N–H and O–H groups in total. The molecule has 0 unspecified atom stereocenters. The third-order valence-corrected chi connectivity index (χ3v) is 4.15. The summed E-state index contributed by atoms with van der Waals surface area (Å²) in [5.74, 6) is 0.625. The molecule has 2 aromatic carbocycles. The standard InChI is InChI=1S/C21H22FN3O2/c1-15(2)17-5-9-19(10-6-17)27-14-25-12-11-20(24-25)21(26)23-13-16-3-7-18(22)8-4-16/h3-12,15H,13-14H2,1-2H3,(H,23,26). The summed E-state index contributed by atoms with van der Waals surface area (Å²) >= 11 is 0. The van der Waals surface area contributed by atoms with Gasteiger partial charge in [-0.3, -0.25) is 4.79 Å². The molecule has 0 aliphatic rings. The second kappa shape index (κ2) is 8.49. The summed E-state index contributed by atoms with van der Waals surface area (Å²) in [6, 6.07) is 15.5. The van der Waals surface area contributed by atoms with Gasteiger partial charge in [-0.05, 0) is 47.4 Å². The van der Waals surface area contributed by atoms with Crippen LogP contribution in [0.5, 0.6) is 5.75 Å². The number of nitrogens with zero attached hydrogens (tertiary/aromatic N) is 2. The molecule has 0 radical (unpaired) electrons. The minimum absolute atomic E-state index is 0.215. The van der Waals surface area contributed by atoms with Crippen LogP contribution in [0.25, 0.3) is 0 Å². The maximum atomic E-state index is 12.9. The maximum absolute atomic E-state index is 12.9. The summed E-state index contributed by atoms with van der Waals surface area (Å²) in [5.41, 5.74) is 2.37. The third-order valence-electron chi connectivity index (χ3n) is 4.15. The van der Waals surface area contributed by atoms with Crippen LogP contribution in [0.4, 0.5) is 4.39 Å². The van der Waals surface area contributed by atoms with Crippen molar-refractivity contribution in [2.75, 3.05) is 0 Å². The Bertz CT molecular complexity index is 887. The lowest BCUT2D eigenvalue weighted by atomic mass is 10.0. The van der Waals surface area contributed by atoms with Gasteiger partial charge in [-0.15, -0.1) is 0 Å². The van der Waals surface area contributed by atoms with Crippen molar-refractivity contribution < 1.29 is 13.9 Å². The number of benzene rings is 2. The Labute approximate surface area is 157 Å². The lowest BCUT2D eigenvalue weighted by molar-refractivity contribution is 0.0944. The van der Waals surface area contributed by atoms with E-state index in [1.165, 1.54) is 17.7 Å². The predicted octanol–water partition coefficient (Wildman–Crippen LogP) is 4.11. The SMILES string of the molecule is CC(C)c1ccc(OCn2ccc(C(=O)NCc3ccc(F)cc3)n2)cc1. The van der Waals surface area contributed by atoms with Gasteiger partial charge in [0.2, 0.25) is 0 Å². The molecule has 0 fully saturated rings. The van der Waals surface area contributed by atoms with Gasteiger partial charge in [0.15, 0.2) is 6.73 Å². The van der Waals surface area contributed by atoms with Crippen molar-refractivity contribution in [3.8, 4) is 5.75 Å². The molecule has 3 rings (SSSR count). The van der Waals surface area contributed by atoms with Gasteiger partial charge in [0.1, 0.15) is 17.3 Å². The summed E-state index contributed by atoms with van der Waals surface area (Å²) in [4.78, 5) is 12.2. The smallest absolute Gasteiger partial charge is 0.272 e. The first-order valence-corrected chi connectivity index (χ1v) is 8.80. The van der Waals surface area contributed by atoms with E-state index < -0.39 is 0 Å². The number of carbonyl (C=O) groups is 1. The second-order valence-electron chi connectivity index (χ2n) is 6.55. The second-order valence-corrected chi connectivity index (χ2v) is 6.55. The number of nitrogens with one attached hydrogen (secondary N) is 1. The van der Waals surface area contributed by atoms with Crippen LogP contribution in [-0.4, -0.2) is 15.7 Å². The molecule has 0 aliphatic carbocycles. The Hall–Kier alpha value is -3.15. The summed E-state index contributed by atoms with van der Waals surface area (Å²) in [6.45, 7) is 4.81. The lowest BCUT2D eigenvalue weighted by Crippen LogP contribution is -2.23. The minimum atomic E-state index is -0.303. The summed E-state index contributed by atoms with van der Waals surface area (Å²) in [6.07, 6.45) is 1.69. The Morgan fingerprint density at radius 2 is 1.81 bits per heavy atom. The number of hydrogen-bond donors (Lipinski definition) is 1. The number of amides is 1. The molecule has 6 heteroatoms. The first-order valence-electron chi connectivity index (χ1n) is 8.80. The summed E-state index contributed by atoms with van der Waals surface area (Å²) < 4.78 is 20.1. The van der Waals surface area contributed by atoms with Gasteiger partial charge in [0, 0.05) is 12.7 Å². The third kappa shape index (κ3) is 5.17. The van der Waals surface area contributed by atoms with E-state index >= 15 is 0 Å². The normalized spacial score (nSPS) is 10.8. The van der Waals surface area contributed by atoms with Crippen molar-refractivity contribution in [2.45, 2.75) is 33.0 Å². The van der Waals surface area contributed by atoms with Crippen LogP contribution >= 0.6 is 0 Å². The number of ether oxygens (including phenoxy) is 1. The Balaban J connectivity index is 1.51. The van der Waals surface area contributed by atoms with E-state index in [1.807, 2.05) is 24.3 Å². The number of carbonyl (C=O) groups excluding carboxylic acids is 1.